The molecule has 0 aliphatic carbocycles. The summed E-state index contributed by atoms with van der Waals surface area (Å²) in [6, 6.07) is 65.1. The Labute approximate surface area is 301 Å². The van der Waals surface area contributed by atoms with E-state index in [4.69, 9.17) is 5.10 Å². The third kappa shape index (κ3) is 6.35. The van der Waals surface area contributed by atoms with E-state index in [1.165, 1.54) is 16.7 Å². The van der Waals surface area contributed by atoms with Gasteiger partial charge in [0.05, 0.1) is 11.4 Å². The van der Waals surface area contributed by atoms with Crippen molar-refractivity contribution in [1.29, 1.82) is 0 Å². The molecule has 0 amide bonds. The molecule has 248 valence electrons. The molecule has 0 aromatic heterocycles. The van der Waals surface area contributed by atoms with Crippen molar-refractivity contribution in [2.75, 3.05) is 16.6 Å². The van der Waals surface area contributed by atoms with Crippen molar-refractivity contribution < 1.29 is 0 Å². The van der Waals surface area contributed by atoms with Crippen LogP contribution in [0.15, 0.2) is 187 Å². The molecule has 0 spiro atoms. The van der Waals surface area contributed by atoms with Crippen molar-refractivity contribution in [2.45, 2.75) is 26.2 Å². The van der Waals surface area contributed by atoms with Gasteiger partial charge in [0.2, 0.25) is 0 Å². The number of anilines is 2. The predicted octanol–water partition coefficient (Wildman–Crippen LogP) is 12.3. The lowest BCUT2D eigenvalue weighted by Gasteiger charge is -2.29. The molecule has 0 N–H and O–H groups in total. The minimum Gasteiger partial charge on any atom is -0.303 e. The number of amidine groups is 1. The smallest absolute Gasteiger partial charge is 0.162 e. The number of benzene rings is 7. The van der Waals surface area contributed by atoms with Crippen LogP contribution in [-0.2, 0) is 5.41 Å². The molecule has 0 bridgehead atoms. The maximum atomic E-state index is 5.60. The van der Waals surface area contributed by atoms with Gasteiger partial charge in [-0.3, -0.25) is 0 Å². The second kappa shape index (κ2) is 13.6. The summed E-state index contributed by atoms with van der Waals surface area (Å²) in [6.07, 6.45) is 0. The monoisotopic (exact) mass is 659 g/mol. The zero-order chi connectivity index (χ0) is 34.8. The Bertz CT molecular complexity index is 2170. The van der Waals surface area contributed by atoms with Gasteiger partial charge in [-0.25, -0.2) is 5.01 Å². The zero-order valence-electron chi connectivity index (χ0n) is 29.4. The quantitative estimate of drug-likeness (QED) is 0.170. The summed E-state index contributed by atoms with van der Waals surface area (Å²) in [7, 11) is 0. The minimum atomic E-state index is 0.0430. The second-order valence-corrected chi connectivity index (χ2v) is 14.1. The van der Waals surface area contributed by atoms with Crippen LogP contribution in [0.4, 0.5) is 11.4 Å². The van der Waals surface area contributed by atoms with E-state index in [9.17, 15) is 0 Å². The molecule has 8 rings (SSSR count). The molecule has 7 aromatic rings. The molecule has 1 aliphatic heterocycles. The van der Waals surface area contributed by atoms with Crippen LogP contribution in [0, 0.1) is 0 Å². The van der Waals surface area contributed by atoms with Gasteiger partial charge in [0.15, 0.2) is 5.84 Å². The lowest BCUT2D eigenvalue weighted by molar-refractivity contribution is 0.590. The summed E-state index contributed by atoms with van der Waals surface area (Å²) >= 11 is 0. The molecule has 0 radical (unpaired) electrons. The maximum Gasteiger partial charge on any atom is 0.162 e. The Morgan fingerprint density at radius 3 is 1.14 bits per heavy atom. The molecule has 1 heterocycles. The van der Waals surface area contributed by atoms with E-state index in [0.717, 1.165) is 56.2 Å². The van der Waals surface area contributed by atoms with Crippen LogP contribution in [0.25, 0.3) is 44.5 Å². The van der Waals surface area contributed by atoms with Crippen LogP contribution in [0.5, 0.6) is 0 Å². The zero-order valence-corrected chi connectivity index (χ0v) is 29.4. The highest BCUT2D eigenvalue weighted by Crippen LogP contribution is 2.45. The molecule has 7 aromatic carbocycles. The van der Waals surface area contributed by atoms with Gasteiger partial charge in [-0.05, 0) is 33.2 Å². The molecule has 1 aliphatic rings. The van der Waals surface area contributed by atoms with Crippen LogP contribution in [0.2, 0.25) is 0 Å². The predicted molar refractivity (Wildman–Crippen MR) is 216 cm³/mol. The fourth-order valence-corrected chi connectivity index (χ4v) is 7.09. The SMILES string of the molecule is CC(C)(C)c1ccc(C2=NN(c3c(-c4ccccc4)cccc3-c3ccccc3)CN2c2c(-c3ccccc3)cccc2-c2ccccc2)cc1. The number of para-hydroxylation sites is 2. The third-order valence-corrected chi connectivity index (χ3v) is 9.69. The average Bonchev–Trinajstić information content (AvgIpc) is 3.63. The van der Waals surface area contributed by atoms with Gasteiger partial charge in [-0.2, -0.15) is 5.10 Å². The first-order valence-electron chi connectivity index (χ1n) is 17.7. The topological polar surface area (TPSA) is 18.8 Å². The fourth-order valence-electron chi connectivity index (χ4n) is 7.09. The average molecular weight is 660 g/mol. The summed E-state index contributed by atoms with van der Waals surface area (Å²) < 4.78 is 0. The lowest BCUT2D eigenvalue weighted by Crippen LogP contribution is -2.32. The van der Waals surface area contributed by atoms with E-state index in [0.29, 0.717) is 6.67 Å². The molecular formula is C48H41N3. The van der Waals surface area contributed by atoms with E-state index < -0.39 is 0 Å². The molecule has 3 nitrogen and oxygen atoms in total. The molecule has 3 heteroatoms. The first-order valence-corrected chi connectivity index (χ1v) is 17.7. The Hall–Kier alpha value is -6.19. The van der Waals surface area contributed by atoms with Crippen LogP contribution < -0.4 is 9.91 Å². The first-order chi connectivity index (χ1) is 25.0. The Balaban J connectivity index is 1.38. The second-order valence-electron chi connectivity index (χ2n) is 14.1. The summed E-state index contributed by atoms with van der Waals surface area (Å²) in [5, 5.41) is 7.81. The van der Waals surface area contributed by atoms with Gasteiger partial charge >= 0.3 is 0 Å². The van der Waals surface area contributed by atoms with E-state index >= 15 is 0 Å². The van der Waals surface area contributed by atoms with E-state index in [-0.39, 0.29) is 5.41 Å². The molecule has 0 saturated heterocycles. The van der Waals surface area contributed by atoms with E-state index in [1.54, 1.807) is 0 Å². The molecule has 0 unspecified atom stereocenters. The van der Waals surface area contributed by atoms with Gasteiger partial charge in [0.1, 0.15) is 6.67 Å². The number of rotatable bonds is 7. The molecule has 0 atom stereocenters. The highest BCUT2D eigenvalue weighted by Gasteiger charge is 2.33. The summed E-state index contributed by atoms with van der Waals surface area (Å²) in [4.78, 5) is 2.42. The maximum absolute atomic E-state index is 5.60. The Morgan fingerprint density at radius 2 is 0.765 bits per heavy atom. The van der Waals surface area contributed by atoms with Gasteiger partial charge < -0.3 is 4.90 Å². The van der Waals surface area contributed by atoms with Gasteiger partial charge in [-0.1, -0.05) is 203 Å². The van der Waals surface area contributed by atoms with Crippen molar-refractivity contribution in [1.82, 2.24) is 0 Å². The van der Waals surface area contributed by atoms with Crippen molar-refractivity contribution >= 4 is 17.2 Å². The lowest BCUT2D eigenvalue weighted by atomic mass is 9.86. The van der Waals surface area contributed by atoms with Crippen molar-refractivity contribution in [3.05, 3.63) is 193 Å². The largest absolute Gasteiger partial charge is 0.303 e. The summed E-state index contributed by atoms with van der Waals surface area (Å²) in [5.74, 6) is 0.915. The molecule has 0 saturated carbocycles. The molecular weight excluding hydrogens is 619 g/mol. The number of hydrogen-bond donors (Lipinski definition) is 0. The summed E-state index contributed by atoms with van der Waals surface area (Å²) in [6.45, 7) is 7.31. The standard InChI is InChI=1S/C48H41N3/c1-48(2,3)40-32-30-39(31-33-40)47-49-51(46-43(37-22-12-6-13-23-37)28-17-29-44(46)38-24-14-7-15-25-38)34-50(47)45-41(35-18-8-4-9-19-35)26-16-27-42(45)36-20-10-5-11-21-36/h4-33H,34H2,1-3H3. The third-order valence-electron chi connectivity index (χ3n) is 9.69. The fraction of sp³-hybridized carbons (Fsp3) is 0.104. The highest BCUT2D eigenvalue weighted by atomic mass is 15.6. The van der Waals surface area contributed by atoms with E-state index in [2.05, 4.69) is 213 Å². The van der Waals surface area contributed by atoms with Gasteiger partial charge in [0, 0.05) is 27.8 Å². The number of hydrogen-bond acceptors (Lipinski definition) is 3. The van der Waals surface area contributed by atoms with Crippen molar-refractivity contribution in [3.63, 3.8) is 0 Å². The van der Waals surface area contributed by atoms with Crippen LogP contribution in [0.1, 0.15) is 31.9 Å². The number of hydrazone groups is 1. The first kappa shape index (κ1) is 32.0. The Morgan fingerprint density at radius 1 is 0.392 bits per heavy atom. The van der Waals surface area contributed by atoms with Crippen LogP contribution >= 0.6 is 0 Å². The van der Waals surface area contributed by atoms with Crippen LogP contribution in [-0.4, -0.2) is 12.5 Å². The van der Waals surface area contributed by atoms with Gasteiger partial charge in [0.25, 0.3) is 0 Å². The normalized spacial score (nSPS) is 13.0. The van der Waals surface area contributed by atoms with Crippen LogP contribution in [0.3, 0.4) is 0 Å². The number of nitrogens with zero attached hydrogens (tertiary/aromatic N) is 3. The molecule has 51 heavy (non-hydrogen) atoms. The Kier molecular flexibility index (Phi) is 8.55. The van der Waals surface area contributed by atoms with Crippen molar-refractivity contribution in [2.24, 2.45) is 5.10 Å². The minimum absolute atomic E-state index is 0.0430. The van der Waals surface area contributed by atoms with E-state index in [1.807, 2.05) is 0 Å². The van der Waals surface area contributed by atoms with Crippen molar-refractivity contribution in [3.8, 4) is 44.5 Å². The highest BCUT2D eigenvalue weighted by molar-refractivity contribution is 6.16. The molecule has 0 fully saturated rings. The summed E-state index contributed by atoms with van der Waals surface area (Å²) in [5.41, 5.74) is 13.9. The van der Waals surface area contributed by atoms with Gasteiger partial charge in [-0.15, -0.1) is 0 Å².